The first-order valence-corrected chi connectivity index (χ1v) is 11.4. The SMILES string of the molecule is COc1cc(C=Nn2c(=O)[nH]c3ccccc3c2=O)c(Br)c(Cl)c1OCC(=O)Nc1ccccc1. The summed E-state index contributed by atoms with van der Waals surface area (Å²) in [4.78, 5) is 39.9. The Morgan fingerprint density at radius 3 is 2.63 bits per heavy atom. The van der Waals surface area contributed by atoms with Crippen molar-refractivity contribution in [2.45, 2.75) is 0 Å². The van der Waals surface area contributed by atoms with E-state index in [1.807, 2.05) is 6.07 Å². The zero-order valence-corrected chi connectivity index (χ0v) is 20.6. The van der Waals surface area contributed by atoms with Crippen molar-refractivity contribution < 1.29 is 14.3 Å². The lowest BCUT2D eigenvalue weighted by molar-refractivity contribution is -0.118. The summed E-state index contributed by atoms with van der Waals surface area (Å²) in [6.07, 6.45) is 1.29. The molecule has 1 amide bonds. The number of ether oxygens (including phenoxy) is 2. The van der Waals surface area contributed by atoms with E-state index in [2.05, 4.69) is 31.3 Å². The molecule has 35 heavy (non-hydrogen) atoms. The maximum atomic E-state index is 12.7. The number of H-pyrrole nitrogens is 1. The number of amides is 1. The van der Waals surface area contributed by atoms with Crippen molar-refractivity contribution in [1.82, 2.24) is 9.66 Å². The highest BCUT2D eigenvalue weighted by molar-refractivity contribution is 9.10. The second kappa shape index (κ2) is 10.6. The fraction of sp³-hybridized carbons (Fsp3) is 0.0833. The van der Waals surface area contributed by atoms with E-state index in [4.69, 9.17) is 21.1 Å². The highest BCUT2D eigenvalue weighted by Crippen LogP contribution is 2.42. The second-order valence-electron chi connectivity index (χ2n) is 7.17. The number of aromatic nitrogens is 2. The molecule has 0 aliphatic rings. The molecule has 4 aromatic rings. The van der Waals surface area contributed by atoms with Crippen LogP contribution >= 0.6 is 27.5 Å². The van der Waals surface area contributed by atoms with Crippen molar-refractivity contribution in [2.75, 3.05) is 19.0 Å². The number of rotatable bonds is 7. The molecule has 0 saturated carbocycles. The molecule has 1 heterocycles. The molecular weight excluding hydrogens is 540 g/mol. The van der Waals surface area contributed by atoms with Gasteiger partial charge >= 0.3 is 5.69 Å². The van der Waals surface area contributed by atoms with Crippen LogP contribution in [0.3, 0.4) is 0 Å². The van der Waals surface area contributed by atoms with Crippen LogP contribution in [0.25, 0.3) is 10.9 Å². The van der Waals surface area contributed by atoms with Crippen LogP contribution in [0.5, 0.6) is 11.5 Å². The Morgan fingerprint density at radius 1 is 1.17 bits per heavy atom. The monoisotopic (exact) mass is 556 g/mol. The highest BCUT2D eigenvalue weighted by Gasteiger charge is 2.18. The third-order valence-electron chi connectivity index (χ3n) is 4.88. The molecule has 0 aliphatic heterocycles. The first-order valence-electron chi connectivity index (χ1n) is 10.2. The van der Waals surface area contributed by atoms with Gasteiger partial charge in [0.15, 0.2) is 18.1 Å². The number of hydrogen-bond acceptors (Lipinski definition) is 6. The van der Waals surface area contributed by atoms with Gasteiger partial charge in [0.25, 0.3) is 11.5 Å². The van der Waals surface area contributed by atoms with Crippen LogP contribution in [0.15, 0.2) is 79.8 Å². The van der Waals surface area contributed by atoms with Crippen LogP contribution in [0.4, 0.5) is 5.69 Å². The van der Waals surface area contributed by atoms with Gasteiger partial charge in [-0.1, -0.05) is 41.9 Å². The number of hydrogen-bond donors (Lipinski definition) is 2. The summed E-state index contributed by atoms with van der Waals surface area (Å²) < 4.78 is 12.1. The van der Waals surface area contributed by atoms with E-state index >= 15 is 0 Å². The summed E-state index contributed by atoms with van der Waals surface area (Å²) in [7, 11) is 1.41. The number of carbonyl (C=O) groups is 1. The summed E-state index contributed by atoms with van der Waals surface area (Å²) in [6.45, 7) is -0.313. The van der Waals surface area contributed by atoms with Gasteiger partial charge in [-0.25, -0.2) is 4.79 Å². The van der Waals surface area contributed by atoms with Crippen LogP contribution in [-0.4, -0.2) is 35.5 Å². The van der Waals surface area contributed by atoms with E-state index in [9.17, 15) is 14.4 Å². The Kier molecular flexibility index (Phi) is 7.33. The molecule has 4 rings (SSSR count). The number of halogens is 2. The molecule has 0 bridgehead atoms. The molecule has 9 nitrogen and oxygen atoms in total. The fourth-order valence-corrected chi connectivity index (χ4v) is 3.87. The van der Waals surface area contributed by atoms with Crippen LogP contribution in [0.1, 0.15) is 5.56 Å². The largest absolute Gasteiger partial charge is 0.493 e. The van der Waals surface area contributed by atoms with Crippen LogP contribution in [-0.2, 0) is 4.79 Å². The molecule has 0 fully saturated rings. The number of fused-ring (bicyclic) bond motifs is 1. The van der Waals surface area contributed by atoms with Crippen LogP contribution in [0, 0.1) is 0 Å². The van der Waals surface area contributed by atoms with Crippen molar-refractivity contribution in [3.8, 4) is 11.5 Å². The van der Waals surface area contributed by atoms with E-state index in [-0.39, 0.29) is 29.0 Å². The molecule has 11 heteroatoms. The summed E-state index contributed by atoms with van der Waals surface area (Å²) in [5, 5.41) is 7.19. The number of nitrogens with zero attached hydrogens (tertiary/aromatic N) is 2. The minimum Gasteiger partial charge on any atom is -0.493 e. The van der Waals surface area contributed by atoms with Crippen LogP contribution in [0.2, 0.25) is 5.02 Å². The molecular formula is C24H18BrClN4O5. The highest BCUT2D eigenvalue weighted by atomic mass is 79.9. The average Bonchev–Trinajstić information content (AvgIpc) is 2.86. The van der Waals surface area contributed by atoms with Crippen molar-refractivity contribution in [3.05, 3.63) is 96.6 Å². The molecule has 1 aromatic heterocycles. The Hall–Kier alpha value is -3.89. The molecule has 0 saturated heterocycles. The molecule has 3 aromatic carbocycles. The van der Waals surface area contributed by atoms with E-state index in [1.165, 1.54) is 13.3 Å². The van der Waals surface area contributed by atoms with Crippen molar-refractivity contribution in [2.24, 2.45) is 5.10 Å². The molecule has 0 aliphatic carbocycles. The quantitative estimate of drug-likeness (QED) is 0.333. The summed E-state index contributed by atoms with van der Waals surface area (Å²) in [5.41, 5.74) is 0.193. The van der Waals surface area contributed by atoms with E-state index < -0.39 is 11.2 Å². The Morgan fingerprint density at radius 2 is 1.89 bits per heavy atom. The van der Waals surface area contributed by atoms with E-state index in [0.717, 1.165) is 0 Å². The normalized spacial score (nSPS) is 11.1. The lowest BCUT2D eigenvalue weighted by atomic mass is 10.2. The van der Waals surface area contributed by atoms with Crippen molar-refractivity contribution in [3.63, 3.8) is 0 Å². The Labute approximate surface area is 212 Å². The van der Waals surface area contributed by atoms with Gasteiger partial charge in [0.2, 0.25) is 0 Å². The maximum absolute atomic E-state index is 12.7. The van der Waals surface area contributed by atoms with Gasteiger partial charge in [0.1, 0.15) is 5.02 Å². The van der Waals surface area contributed by atoms with Gasteiger partial charge in [-0.3, -0.25) is 9.59 Å². The number of carbonyl (C=O) groups excluding carboxylic acids is 1. The molecule has 2 N–H and O–H groups in total. The first kappa shape index (κ1) is 24.2. The van der Waals surface area contributed by atoms with Gasteiger partial charge in [-0.15, -0.1) is 4.68 Å². The number of anilines is 1. The Bertz CT molecular complexity index is 1550. The molecule has 0 atom stereocenters. The third kappa shape index (κ3) is 5.28. The summed E-state index contributed by atoms with van der Waals surface area (Å²) in [5.74, 6) is -0.0139. The lowest BCUT2D eigenvalue weighted by Crippen LogP contribution is -2.32. The minimum atomic E-state index is -0.691. The molecule has 0 radical (unpaired) electrons. The first-order chi connectivity index (χ1) is 16.9. The number of benzene rings is 3. The predicted molar refractivity (Wildman–Crippen MR) is 138 cm³/mol. The van der Waals surface area contributed by atoms with Crippen molar-refractivity contribution in [1.29, 1.82) is 0 Å². The van der Waals surface area contributed by atoms with Crippen LogP contribution < -0.4 is 26.0 Å². The third-order valence-corrected chi connectivity index (χ3v) is 6.32. The predicted octanol–water partition coefficient (Wildman–Crippen LogP) is 4.01. The summed E-state index contributed by atoms with van der Waals surface area (Å²) >= 11 is 9.84. The van der Waals surface area contributed by atoms with E-state index in [1.54, 1.807) is 54.6 Å². The second-order valence-corrected chi connectivity index (χ2v) is 8.34. The lowest BCUT2D eigenvalue weighted by Gasteiger charge is -2.15. The number of aromatic amines is 1. The zero-order chi connectivity index (χ0) is 24.9. The van der Waals surface area contributed by atoms with Crippen molar-refractivity contribution >= 4 is 56.2 Å². The molecule has 0 unspecified atom stereocenters. The van der Waals surface area contributed by atoms with E-state index in [0.29, 0.717) is 31.3 Å². The van der Waals surface area contributed by atoms with Gasteiger partial charge in [0.05, 0.1) is 24.2 Å². The number of para-hydroxylation sites is 2. The van der Waals surface area contributed by atoms with Gasteiger partial charge in [-0.2, -0.15) is 5.10 Å². The zero-order valence-electron chi connectivity index (χ0n) is 18.2. The molecule has 178 valence electrons. The minimum absolute atomic E-state index is 0.123. The van der Waals surface area contributed by atoms with Gasteiger partial charge in [-0.05, 0) is 46.3 Å². The number of methoxy groups -OCH3 is 1. The Balaban J connectivity index is 1.60. The molecule has 0 spiro atoms. The topological polar surface area (TPSA) is 115 Å². The summed E-state index contributed by atoms with van der Waals surface area (Å²) in [6, 6.07) is 17.1. The average molecular weight is 558 g/mol. The van der Waals surface area contributed by atoms with Gasteiger partial charge in [0, 0.05) is 15.7 Å². The smallest absolute Gasteiger partial charge is 0.349 e. The maximum Gasteiger partial charge on any atom is 0.349 e. The number of nitrogens with one attached hydrogen (secondary N) is 2. The van der Waals surface area contributed by atoms with Gasteiger partial charge < -0.3 is 19.8 Å². The standard InChI is InChI=1S/C24H18BrClN4O5/c1-34-18-11-14(12-27-30-23(32)16-9-5-6-10-17(16)29-24(30)33)20(25)21(26)22(18)35-13-19(31)28-15-7-3-2-4-8-15/h2-12H,13H2,1H3,(H,28,31)(H,29,33). The fourth-order valence-electron chi connectivity index (χ4n) is 3.22.